The minimum Gasteiger partial charge on any atom is -0.394 e. The zero-order valence-electron chi connectivity index (χ0n) is 22.0. The molecule has 1 unspecified atom stereocenters. The number of nitriles is 1. The number of halogens is 1. The molecule has 2 aromatic rings. The van der Waals surface area contributed by atoms with Gasteiger partial charge in [-0.25, -0.2) is 9.65 Å². The molecule has 0 saturated carbocycles. The molecule has 1 aliphatic rings. The monoisotopic (exact) mass is 557 g/mol. The third-order valence-electron chi connectivity index (χ3n) is 5.87. The first-order chi connectivity index (χ1) is 17.7. The molecule has 3 rings (SSSR count). The highest BCUT2D eigenvalue weighted by atomic mass is 35.5. The Morgan fingerprint density at radius 3 is 2.73 bits per heavy atom. The van der Waals surface area contributed by atoms with Gasteiger partial charge in [0, 0.05) is 25.0 Å². The molecule has 14 heteroatoms. The van der Waals surface area contributed by atoms with Gasteiger partial charge < -0.3 is 24.2 Å². The summed E-state index contributed by atoms with van der Waals surface area (Å²) in [6.07, 6.45) is 0.637. The molecule has 0 radical (unpaired) electrons. The highest BCUT2D eigenvalue weighted by Crippen LogP contribution is 2.50. The van der Waals surface area contributed by atoms with Crippen LogP contribution in [0.5, 0.6) is 0 Å². The second kappa shape index (κ2) is 13.8. The van der Waals surface area contributed by atoms with Crippen molar-refractivity contribution in [2.75, 3.05) is 25.1 Å². The Morgan fingerprint density at radius 1 is 1.38 bits per heavy atom. The number of nitrogens with zero attached hydrogens (tertiary/aromatic N) is 5. The fourth-order valence-electron chi connectivity index (χ4n) is 4.22. The summed E-state index contributed by atoms with van der Waals surface area (Å²) in [4.78, 5) is 24.1. The molecule has 0 aliphatic carbocycles. The molecule has 0 spiro atoms. The lowest BCUT2D eigenvalue weighted by Crippen LogP contribution is -2.36. The van der Waals surface area contributed by atoms with Crippen LogP contribution in [0.4, 0.5) is 5.95 Å². The van der Waals surface area contributed by atoms with Crippen molar-refractivity contribution in [3.05, 3.63) is 15.6 Å². The number of unbranched alkanes of at least 4 members (excludes halogenated alkanes) is 1. The fraction of sp³-hybridized carbons (Fsp3) is 0.739. The van der Waals surface area contributed by atoms with Crippen molar-refractivity contribution in [2.45, 2.75) is 90.8 Å². The first-order valence-corrected chi connectivity index (χ1v) is 14.2. The zero-order chi connectivity index (χ0) is 27.1. The van der Waals surface area contributed by atoms with Gasteiger partial charge in [-0.2, -0.15) is 10.2 Å². The number of nitrogens with one attached hydrogen (secondary N) is 2. The quantitative estimate of drug-likeness (QED) is 0.177. The number of hydrogen-bond donors (Lipinski definition) is 3. The van der Waals surface area contributed by atoms with E-state index < -0.39 is 32.5 Å². The molecule has 1 saturated heterocycles. The van der Waals surface area contributed by atoms with Crippen molar-refractivity contribution in [3.63, 3.8) is 0 Å². The molecule has 2 aromatic heterocycles. The summed E-state index contributed by atoms with van der Waals surface area (Å²) in [6, 6.07) is 2.34. The number of anilines is 1. The standard InChI is InChI=1S/C23H37ClN7O5P/c1-6-7-10-26-23-28-20-19(21(33)29-23)27-22(24)30(20)18-12-16(17(13-32)35-18)36-37(34-11-8-9-25)31(14(2)3)15(4)5/h14-18,32H,6-8,10-13H2,1-5H3,(H2,26,28,29,33)/t16-,17+,18+,37?/m0/s1. The van der Waals surface area contributed by atoms with Gasteiger partial charge in [-0.3, -0.25) is 14.3 Å². The van der Waals surface area contributed by atoms with E-state index in [0.29, 0.717) is 18.9 Å². The molecule has 0 amide bonds. The van der Waals surface area contributed by atoms with E-state index in [-0.39, 0.29) is 48.2 Å². The lowest BCUT2D eigenvalue weighted by Gasteiger charge is -2.37. The van der Waals surface area contributed by atoms with E-state index in [9.17, 15) is 9.90 Å². The molecule has 0 aromatic carbocycles. The van der Waals surface area contributed by atoms with Gasteiger partial charge in [-0.05, 0) is 45.7 Å². The van der Waals surface area contributed by atoms with Gasteiger partial charge in [0.1, 0.15) is 12.3 Å². The van der Waals surface area contributed by atoms with Gasteiger partial charge in [0.05, 0.1) is 31.8 Å². The van der Waals surface area contributed by atoms with E-state index in [2.05, 4.69) is 65.6 Å². The van der Waals surface area contributed by atoms with E-state index in [4.69, 9.17) is 30.6 Å². The molecule has 1 aliphatic heterocycles. The molecule has 37 heavy (non-hydrogen) atoms. The Bertz CT molecular complexity index is 1110. The van der Waals surface area contributed by atoms with E-state index in [1.165, 1.54) is 0 Å². The summed E-state index contributed by atoms with van der Waals surface area (Å²) in [5.74, 6) is 0.326. The number of fused-ring (bicyclic) bond motifs is 1. The average molecular weight is 558 g/mol. The lowest BCUT2D eigenvalue weighted by molar-refractivity contribution is -0.0410. The number of aromatic nitrogens is 4. The molecule has 12 nitrogen and oxygen atoms in total. The van der Waals surface area contributed by atoms with Crippen LogP contribution in [0.1, 0.15) is 66.5 Å². The Balaban J connectivity index is 1.88. The van der Waals surface area contributed by atoms with Crippen molar-refractivity contribution in [3.8, 4) is 6.07 Å². The third-order valence-corrected chi connectivity index (χ3v) is 8.29. The number of H-pyrrole nitrogens is 1. The van der Waals surface area contributed by atoms with Crippen LogP contribution in [0.2, 0.25) is 5.28 Å². The summed E-state index contributed by atoms with van der Waals surface area (Å²) in [5.41, 5.74) is -0.0193. The molecule has 3 heterocycles. The van der Waals surface area contributed by atoms with E-state index >= 15 is 0 Å². The Labute approximate surface area is 223 Å². The number of imidazole rings is 1. The summed E-state index contributed by atoms with van der Waals surface area (Å²) in [5, 5.41) is 22.2. The van der Waals surface area contributed by atoms with Crippen molar-refractivity contribution >= 4 is 37.2 Å². The SMILES string of the molecule is CCCCNc1nc2c(nc(Cl)n2[C@H]2C[C@H](OP(OCCC#N)N(C(C)C)C(C)C)[C@@H](CO)O2)c(=O)[nH]1. The Kier molecular flexibility index (Phi) is 11.1. The molecule has 0 bridgehead atoms. The number of aliphatic hydroxyl groups is 1. The molecule has 206 valence electrons. The van der Waals surface area contributed by atoms with Crippen molar-refractivity contribution in [1.82, 2.24) is 24.2 Å². The number of aliphatic hydroxyl groups excluding tert-OH is 1. The van der Waals surface area contributed by atoms with Gasteiger partial charge in [0.25, 0.3) is 14.1 Å². The number of rotatable bonds is 14. The molecule has 3 N–H and O–H groups in total. The minimum atomic E-state index is -1.54. The maximum absolute atomic E-state index is 12.7. The predicted molar refractivity (Wildman–Crippen MR) is 142 cm³/mol. The molecular weight excluding hydrogens is 521 g/mol. The highest BCUT2D eigenvalue weighted by molar-refractivity contribution is 7.44. The van der Waals surface area contributed by atoms with Crippen LogP contribution >= 0.6 is 20.1 Å². The van der Waals surface area contributed by atoms with Gasteiger partial charge >= 0.3 is 0 Å². The van der Waals surface area contributed by atoms with Crippen molar-refractivity contribution < 1.29 is 18.9 Å². The Morgan fingerprint density at radius 2 is 2.11 bits per heavy atom. The third kappa shape index (κ3) is 7.18. The van der Waals surface area contributed by atoms with Crippen LogP contribution in [0.25, 0.3) is 11.2 Å². The Hall–Kier alpha value is -1.84. The lowest BCUT2D eigenvalue weighted by atomic mass is 10.2. The molecular formula is C23H37ClN7O5P. The first kappa shape index (κ1) is 29.7. The van der Waals surface area contributed by atoms with E-state index in [1.807, 2.05) is 0 Å². The summed E-state index contributed by atoms with van der Waals surface area (Å²) in [6.45, 7) is 10.9. The molecule has 4 atom stereocenters. The van der Waals surface area contributed by atoms with Gasteiger partial charge in [0.2, 0.25) is 11.2 Å². The van der Waals surface area contributed by atoms with Crippen LogP contribution in [0, 0.1) is 11.3 Å². The minimum absolute atomic E-state index is 0.0552. The topological polar surface area (TPSA) is 151 Å². The van der Waals surface area contributed by atoms with Gasteiger partial charge in [-0.1, -0.05) is 13.3 Å². The van der Waals surface area contributed by atoms with Gasteiger partial charge in [0.15, 0.2) is 11.2 Å². The fourth-order valence-corrected chi connectivity index (χ4v) is 6.25. The maximum Gasteiger partial charge on any atom is 0.280 e. The normalized spacial score (nSPS) is 20.8. The number of hydrogen-bond acceptors (Lipinski definition) is 10. The van der Waals surface area contributed by atoms with E-state index in [0.717, 1.165) is 12.8 Å². The predicted octanol–water partition coefficient (Wildman–Crippen LogP) is 3.93. The van der Waals surface area contributed by atoms with Crippen LogP contribution < -0.4 is 10.9 Å². The van der Waals surface area contributed by atoms with Crippen molar-refractivity contribution in [1.29, 1.82) is 5.26 Å². The first-order valence-electron chi connectivity index (χ1n) is 12.6. The van der Waals surface area contributed by atoms with Crippen LogP contribution in [0.3, 0.4) is 0 Å². The van der Waals surface area contributed by atoms with Crippen molar-refractivity contribution in [2.24, 2.45) is 0 Å². The second-order valence-electron chi connectivity index (χ2n) is 9.36. The number of ether oxygens (including phenoxy) is 1. The smallest absolute Gasteiger partial charge is 0.280 e. The number of aromatic amines is 1. The largest absolute Gasteiger partial charge is 0.394 e. The average Bonchev–Trinajstić information content (AvgIpc) is 3.38. The van der Waals surface area contributed by atoms with Gasteiger partial charge in [-0.15, -0.1) is 0 Å². The maximum atomic E-state index is 12.7. The van der Waals surface area contributed by atoms with Crippen LogP contribution in [-0.2, 0) is 13.8 Å². The van der Waals surface area contributed by atoms with Crippen LogP contribution in [-0.4, -0.2) is 73.3 Å². The van der Waals surface area contributed by atoms with Crippen LogP contribution in [0.15, 0.2) is 4.79 Å². The summed E-state index contributed by atoms with van der Waals surface area (Å²) >= 11 is 6.46. The summed E-state index contributed by atoms with van der Waals surface area (Å²) < 4.78 is 22.3. The second-order valence-corrected chi connectivity index (χ2v) is 11.1. The highest BCUT2D eigenvalue weighted by Gasteiger charge is 2.42. The summed E-state index contributed by atoms with van der Waals surface area (Å²) in [7, 11) is -1.54. The van der Waals surface area contributed by atoms with E-state index in [1.54, 1.807) is 4.57 Å². The zero-order valence-corrected chi connectivity index (χ0v) is 23.6. The molecule has 1 fully saturated rings.